The van der Waals surface area contributed by atoms with Gasteiger partial charge < -0.3 is 51.6 Å². The van der Waals surface area contributed by atoms with Gasteiger partial charge in [-0.1, -0.05) is 0 Å². The number of carboxylic acid groups (broad SMARTS) is 4. The van der Waals surface area contributed by atoms with Crippen molar-refractivity contribution in [2.45, 2.75) is 82.4 Å². The van der Waals surface area contributed by atoms with Gasteiger partial charge in [0.05, 0.1) is 62.8 Å². The number of nitrogens with two attached hydrogens (primary N) is 2. The summed E-state index contributed by atoms with van der Waals surface area (Å²) in [4.78, 5) is 47.3. The molecule has 0 saturated heterocycles. The van der Waals surface area contributed by atoms with Crippen LogP contribution < -0.4 is 11.5 Å². The number of aliphatic hydroxyl groups excluding tert-OH is 1. The van der Waals surface area contributed by atoms with Gasteiger partial charge in [0.2, 0.25) is 0 Å². The van der Waals surface area contributed by atoms with E-state index in [0.717, 1.165) is 0 Å². The Morgan fingerprint density at radius 2 is 0.976 bits per heavy atom. The third-order valence-corrected chi connectivity index (χ3v) is 6.48. The molecule has 0 aliphatic rings. The van der Waals surface area contributed by atoms with Gasteiger partial charge in [0.1, 0.15) is 0 Å². The van der Waals surface area contributed by atoms with Crippen molar-refractivity contribution in [1.29, 1.82) is 0 Å². The number of aliphatic hydroxyl groups is 2. The summed E-state index contributed by atoms with van der Waals surface area (Å²) in [6.07, 6.45) is -1.18. The van der Waals surface area contributed by atoms with Crippen molar-refractivity contribution >= 4 is 23.9 Å². The second-order valence-electron chi connectivity index (χ2n) is 10.7. The quantitative estimate of drug-likeness (QED) is 0.0523. The van der Waals surface area contributed by atoms with Gasteiger partial charge >= 0.3 is 23.9 Å². The molecule has 0 saturated carbocycles. The van der Waals surface area contributed by atoms with Crippen LogP contribution in [0.15, 0.2) is 0 Å². The average molecular weight is 611 g/mol. The molecule has 10 N–H and O–H groups in total. The van der Waals surface area contributed by atoms with Crippen molar-refractivity contribution < 1.29 is 59.3 Å². The average Bonchev–Trinajstić information content (AvgIpc) is 2.84. The van der Waals surface area contributed by atoms with E-state index in [0.29, 0.717) is 25.9 Å². The van der Waals surface area contributed by atoms with Crippen molar-refractivity contribution in [3.63, 3.8) is 0 Å². The van der Waals surface area contributed by atoms with Crippen LogP contribution in [-0.4, -0.2) is 153 Å². The molecule has 0 aromatic carbocycles. The van der Waals surface area contributed by atoms with Crippen LogP contribution in [0.1, 0.15) is 52.4 Å². The van der Waals surface area contributed by atoms with Crippen LogP contribution in [0.5, 0.6) is 0 Å². The number of nitrogens with zero attached hydrogens (tertiary/aromatic N) is 2. The SMILES string of the molecule is CC(CCN)OC(CCN(CC(=O)O)CC(=O)O)CC(O)(CO)CC(CCN(CC(=O)O)CC(=O)O)OC(C)CCN. The number of aliphatic carboxylic acids is 4. The first-order valence-corrected chi connectivity index (χ1v) is 14.0. The first kappa shape index (κ1) is 39.6. The Labute approximate surface area is 246 Å². The van der Waals surface area contributed by atoms with Crippen LogP contribution in [0, 0.1) is 0 Å². The van der Waals surface area contributed by atoms with Crippen molar-refractivity contribution in [3.8, 4) is 0 Å². The van der Waals surface area contributed by atoms with Gasteiger partial charge in [-0.3, -0.25) is 29.0 Å². The zero-order chi connectivity index (χ0) is 32.3. The number of carbonyl (C=O) groups is 4. The number of carboxylic acids is 4. The number of rotatable bonds is 27. The zero-order valence-corrected chi connectivity index (χ0v) is 24.6. The maximum absolute atomic E-state index is 11.5. The Hall–Kier alpha value is -2.44. The molecule has 0 aliphatic heterocycles. The molecule has 0 heterocycles. The van der Waals surface area contributed by atoms with E-state index in [9.17, 15) is 29.4 Å². The van der Waals surface area contributed by atoms with Crippen LogP contribution in [-0.2, 0) is 28.7 Å². The lowest BCUT2D eigenvalue weighted by atomic mass is 9.88. The molecule has 16 nitrogen and oxygen atoms in total. The second-order valence-corrected chi connectivity index (χ2v) is 10.7. The summed E-state index contributed by atoms with van der Waals surface area (Å²) in [6.45, 7) is 1.46. The lowest BCUT2D eigenvalue weighted by Crippen LogP contribution is -2.45. The summed E-state index contributed by atoms with van der Waals surface area (Å²) in [6, 6.07) is 0. The molecule has 0 rings (SSSR count). The van der Waals surface area contributed by atoms with Gasteiger partial charge in [-0.05, 0) is 52.6 Å². The Morgan fingerprint density at radius 1 is 0.667 bits per heavy atom. The highest BCUT2D eigenvalue weighted by Crippen LogP contribution is 2.27. The molecular formula is C26H50N4O12. The van der Waals surface area contributed by atoms with Crippen molar-refractivity contribution in [3.05, 3.63) is 0 Å². The van der Waals surface area contributed by atoms with Gasteiger partial charge in [0.15, 0.2) is 0 Å². The minimum absolute atomic E-state index is 0.0208. The van der Waals surface area contributed by atoms with Crippen LogP contribution in [0.25, 0.3) is 0 Å². The molecule has 4 unspecified atom stereocenters. The van der Waals surface area contributed by atoms with E-state index < -0.39 is 74.5 Å². The minimum Gasteiger partial charge on any atom is -0.480 e. The predicted molar refractivity (Wildman–Crippen MR) is 150 cm³/mol. The second kappa shape index (κ2) is 21.3. The fourth-order valence-corrected chi connectivity index (χ4v) is 4.61. The van der Waals surface area contributed by atoms with E-state index in [-0.39, 0.29) is 51.0 Å². The molecule has 42 heavy (non-hydrogen) atoms. The van der Waals surface area contributed by atoms with E-state index in [1.807, 2.05) is 0 Å². The van der Waals surface area contributed by atoms with Crippen LogP contribution in [0.4, 0.5) is 0 Å². The largest absolute Gasteiger partial charge is 0.480 e. The maximum atomic E-state index is 11.5. The number of hydrogen-bond acceptors (Lipinski definition) is 12. The highest BCUT2D eigenvalue weighted by molar-refractivity contribution is 5.73. The fourth-order valence-electron chi connectivity index (χ4n) is 4.61. The highest BCUT2D eigenvalue weighted by atomic mass is 16.5. The van der Waals surface area contributed by atoms with E-state index in [4.69, 9.17) is 41.4 Å². The molecule has 246 valence electrons. The lowest BCUT2D eigenvalue weighted by molar-refractivity contribution is -0.144. The molecule has 4 atom stereocenters. The Bertz CT molecular complexity index is 726. The smallest absolute Gasteiger partial charge is 0.317 e. The number of hydrogen-bond donors (Lipinski definition) is 8. The van der Waals surface area contributed by atoms with Crippen molar-refractivity contribution in [2.75, 3.05) is 59.0 Å². The molecule has 16 heteroatoms. The molecule has 0 fully saturated rings. The molecular weight excluding hydrogens is 560 g/mol. The van der Waals surface area contributed by atoms with E-state index in [2.05, 4.69) is 0 Å². The van der Waals surface area contributed by atoms with Gasteiger partial charge in [-0.25, -0.2) is 0 Å². The van der Waals surface area contributed by atoms with Crippen LogP contribution >= 0.6 is 0 Å². The summed E-state index contributed by atoms with van der Waals surface area (Å²) in [7, 11) is 0. The minimum atomic E-state index is -1.77. The summed E-state index contributed by atoms with van der Waals surface area (Å²) < 4.78 is 12.1. The predicted octanol–water partition coefficient (Wildman–Crippen LogP) is -1.54. The summed E-state index contributed by atoms with van der Waals surface area (Å²) in [5.74, 6) is -4.82. The van der Waals surface area contributed by atoms with Gasteiger partial charge in [0, 0.05) is 25.9 Å². The van der Waals surface area contributed by atoms with Gasteiger partial charge in [0.25, 0.3) is 0 Å². The zero-order valence-electron chi connectivity index (χ0n) is 24.6. The Kier molecular flexibility index (Phi) is 20.0. The summed E-state index contributed by atoms with van der Waals surface area (Å²) in [5.41, 5.74) is 9.50. The van der Waals surface area contributed by atoms with Gasteiger partial charge in [-0.15, -0.1) is 0 Å². The highest BCUT2D eigenvalue weighted by Gasteiger charge is 2.35. The van der Waals surface area contributed by atoms with Gasteiger partial charge in [-0.2, -0.15) is 0 Å². The van der Waals surface area contributed by atoms with E-state index in [1.54, 1.807) is 13.8 Å². The third kappa shape index (κ3) is 19.6. The topological polar surface area (TPSA) is 267 Å². The molecule has 0 aromatic heterocycles. The third-order valence-electron chi connectivity index (χ3n) is 6.48. The lowest BCUT2D eigenvalue weighted by Gasteiger charge is -2.36. The fraction of sp³-hybridized carbons (Fsp3) is 0.846. The first-order valence-electron chi connectivity index (χ1n) is 14.0. The summed E-state index contributed by atoms with van der Waals surface area (Å²) >= 11 is 0. The first-order chi connectivity index (χ1) is 19.6. The maximum Gasteiger partial charge on any atom is 0.317 e. The Morgan fingerprint density at radius 3 is 1.21 bits per heavy atom. The van der Waals surface area contributed by atoms with E-state index in [1.165, 1.54) is 9.80 Å². The Balaban J connectivity index is 5.88. The van der Waals surface area contributed by atoms with Crippen molar-refractivity contribution in [2.24, 2.45) is 11.5 Å². The monoisotopic (exact) mass is 610 g/mol. The summed E-state index contributed by atoms with van der Waals surface area (Å²) in [5, 5.41) is 58.4. The molecule has 0 spiro atoms. The number of ether oxygens (including phenoxy) is 2. The molecule has 0 aromatic rings. The molecule has 0 aliphatic carbocycles. The normalized spacial score (nSPS) is 16.1. The molecule has 0 bridgehead atoms. The van der Waals surface area contributed by atoms with E-state index >= 15 is 0 Å². The van der Waals surface area contributed by atoms with Crippen molar-refractivity contribution in [1.82, 2.24) is 9.80 Å². The van der Waals surface area contributed by atoms with Crippen LogP contribution in [0.3, 0.4) is 0 Å². The molecule has 0 amide bonds. The standard InChI is InChI=1S/C26H50N4O12/c1-18(3-7-27)41-20(5-9-29(13-22(32)33)14-23(34)35)11-26(40,17-31)12-21(42-19(2)4-8-28)6-10-30(15-24(36)37)16-25(38)39/h18-21,31,40H,3-17,27-28H2,1-2H3,(H,32,33)(H,34,35)(H,36,37)(H,38,39). The molecule has 0 radical (unpaired) electrons. The van der Waals surface area contributed by atoms with Crippen LogP contribution in [0.2, 0.25) is 0 Å².